The van der Waals surface area contributed by atoms with E-state index in [4.69, 9.17) is 14.2 Å². The second-order valence-electron chi connectivity index (χ2n) is 19.9. The second-order valence-corrected chi connectivity index (χ2v) is 19.9. The van der Waals surface area contributed by atoms with Crippen molar-refractivity contribution in [1.82, 2.24) is 0 Å². The molecule has 0 aliphatic rings. The van der Waals surface area contributed by atoms with Gasteiger partial charge < -0.3 is 14.2 Å². The first-order valence-electron chi connectivity index (χ1n) is 29.3. The maximum absolute atomic E-state index is 12.8. The summed E-state index contributed by atoms with van der Waals surface area (Å²) in [5.41, 5.74) is 0. The molecule has 6 nitrogen and oxygen atoms in total. The van der Waals surface area contributed by atoms with Gasteiger partial charge in [-0.2, -0.15) is 0 Å². The van der Waals surface area contributed by atoms with Crippen LogP contribution in [-0.2, 0) is 28.6 Å². The first-order chi connectivity index (χ1) is 32.5. The zero-order valence-electron chi connectivity index (χ0n) is 44.5. The summed E-state index contributed by atoms with van der Waals surface area (Å²) in [4.78, 5) is 38.1. The Labute approximate surface area is 411 Å². The lowest BCUT2D eigenvalue weighted by Crippen LogP contribution is -2.30. The molecule has 0 spiro atoms. The molecule has 0 aliphatic heterocycles. The molecule has 0 N–H and O–H groups in total. The third-order valence-electron chi connectivity index (χ3n) is 13.2. The molecular weight excluding hydrogens is 817 g/mol. The summed E-state index contributed by atoms with van der Waals surface area (Å²) in [6, 6.07) is 0. The van der Waals surface area contributed by atoms with Crippen molar-refractivity contribution in [3.63, 3.8) is 0 Å². The van der Waals surface area contributed by atoms with Gasteiger partial charge in [0, 0.05) is 19.3 Å². The summed E-state index contributed by atoms with van der Waals surface area (Å²) in [5.74, 6) is -0.870. The largest absolute Gasteiger partial charge is 0.462 e. The van der Waals surface area contributed by atoms with Gasteiger partial charge in [-0.05, 0) is 70.6 Å². The molecule has 0 aromatic heterocycles. The molecule has 0 radical (unpaired) electrons. The van der Waals surface area contributed by atoms with Crippen LogP contribution in [0.25, 0.3) is 0 Å². The van der Waals surface area contributed by atoms with Crippen LogP contribution in [0.15, 0.2) is 24.3 Å². The number of unbranched alkanes of at least 4 members (excludes halogenated alkanes) is 39. The fraction of sp³-hybridized carbons (Fsp3) is 0.883. The van der Waals surface area contributed by atoms with E-state index in [2.05, 4.69) is 45.1 Å². The van der Waals surface area contributed by atoms with Gasteiger partial charge in [-0.15, -0.1) is 0 Å². The minimum absolute atomic E-state index is 0.0728. The number of rotatable bonds is 54. The Morgan fingerprint density at radius 1 is 0.288 bits per heavy atom. The van der Waals surface area contributed by atoms with Crippen molar-refractivity contribution >= 4 is 17.9 Å². The van der Waals surface area contributed by atoms with E-state index in [0.29, 0.717) is 19.3 Å². The standard InChI is InChI=1S/C60H112O6/c1-4-7-10-13-16-19-22-25-27-29-30-31-33-35-38-41-44-47-50-53-59(62)65-56-57(55-64-58(61)52-49-46-43-40-37-34-24-21-18-15-12-9-6-3)66-60(63)54-51-48-45-42-39-36-32-28-26-23-20-17-14-11-8-5-2/h21,24,28,32,57H,4-20,22-23,25-27,29-31,33-56H2,1-3H3/b24-21-,32-28-. The SMILES string of the molecule is CCCCCC/C=C\CCCCCCCC(=O)OCC(COC(=O)CCCCCCCCCCCCCCCCCCCCC)OC(=O)CCCCCCC/C=C\CCCCCCCCC. The van der Waals surface area contributed by atoms with Crippen LogP contribution in [0.1, 0.15) is 323 Å². The van der Waals surface area contributed by atoms with Crippen LogP contribution in [0.3, 0.4) is 0 Å². The van der Waals surface area contributed by atoms with Gasteiger partial charge in [0.05, 0.1) is 0 Å². The molecule has 0 saturated carbocycles. The zero-order chi connectivity index (χ0) is 47.9. The van der Waals surface area contributed by atoms with Gasteiger partial charge in [-0.25, -0.2) is 0 Å². The van der Waals surface area contributed by atoms with Crippen LogP contribution in [0.4, 0.5) is 0 Å². The van der Waals surface area contributed by atoms with Crippen LogP contribution >= 0.6 is 0 Å². The molecule has 0 aliphatic carbocycles. The summed E-state index contributed by atoms with van der Waals surface area (Å²) in [6.45, 7) is 6.66. The summed E-state index contributed by atoms with van der Waals surface area (Å²) in [6.07, 6.45) is 64.5. The van der Waals surface area contributed by atoms with E-state index in [9.17, 15) is 14.4 Å². The van der Waals surface area contributed by atoms with Crippen LogP contribution in [0.2, 0.25) is 0 Å². The van der Waals surface area contributed by atoms with E-state index in [1.54, 1.807) is 0 Å². The first kappa shape index (κ1) is 63.9. The van der Waals surface area contributed by atoms with Gasteiger partial charge in [0.1, 0.15) is 13.2 Å². The number of esters is 3. The maximum Gasteiger partial charge on any atom is 0.306 e. The molecule has 0 rings (SSSR count). The Morgan fingerprint density at radius 2 is 0.500 bits per heavy atom. The normalized spacial score (nSPS) is 12.1. The van der Waals surface area contributed by atoms with Gasteiger partial charge in [-0.1, -0.05) is 257 Å². The first-order valence-corrected chi connectivity index (χ1v) is 29.3. The van der Waals surface area contributed by atoms with Gasteiger partial charge in [0.2, 0.25) is 0 Å². The van der Waals surface area contributed by atoms with E-state index in [-0.39, 0.29) is 31.1 Å². The lowest BCUT2D eigenvalue weighted by molar-refractivity contribution is -0.167. The molecule has 66 heavy (non-hydrogen) atoms. The third-order valence-corrected chi connectivity index (χ3v) is 13.2. The number of ether oxygens (including phenoxy) is 3. The third kappa shape index (κ3) is 52.9. The highest BCUT2D eigenvalue weighted by molar-refractivity contribution is 5.71. The number of carbonyl (C=O) groups is 3. The highest BCUT2D eigenvalue weighted by Crippen LogP contribution is 2.17. The van der Waals surface area contributed by atoms with E-state index >= 15 is 0 Å². The molecule has 1 atom stereocenters. The fourth-order valence-corrected chi connectivity index (χ4v) is 8.73. The predicted octanol–water partition coefficient (Wildman–Crippen LogP) is 19.5. The quantitative estimate of drug-likeness (QED) is 0.0262. The molecule has 0 aromatic carbocycles. The fourth-order valence-electron chi connectivity index (χ4n) is 8.73. The Kier molecular flexibility index (Phi) is 53.7. The number of hydrogen-bond acceptors (Lipinski definition) is 6. The Balaban J connectivity index is 4.32. The van der Waals surface area contributed by atoms with Crippen LogP contribution < -0.4 is 0 Å². The van der Waals surface area contributed by atoms with Crippen molar-refractivity contribution in [3.8, 4) is 0 Å². The average Bonchev–Trinajstić information content (AvgIpc) is 3.31. The minimum Gasteiger partial charge on any atom is -0.462 e. The molecule has 0 amide bonds. The van der Waals surface area contributed by atoms with E-state index in [1.807, 2.05) is 0 Å². The van der Waals surface area contributed by atoms with Gasteiger partial charge >= 0.3 is 17.9 Å². The summed E-state index contributed by atoms with van der Waals surface area (Å²) < 4.78 is 16.9. The zero-order valence-corrected chi connectivity index (χ0v) is 44.5. The lowest BCUT2D eigenvalue weighted by atomic mass is 10.0. The van der Waals surface area contributed by atoms with Crippen molar-refractivity contribution in [2.75, 3.05) is 13.2 Å². The lowest BCUT2D eigenvalue weighted by Gasteiger charge is -2.18. The van der Waals surface area contributed by atoms with Gasteiger partial charge in [0.15, 0.2) is 6.10 Å². The molecule has 6 heteroatoms. The summed E-state index contributed by atoms with van der Waals surface area (Å²) in [5, 5.41) is 0. The van der Waals surface area contributed by atoms with Crippen molar-refractivity contribution in [2.24, 2.45) is 0 Å². The number of carbonyl (C=O) groups excluding carboxylic acids is 3. The smallest absolute Gasteiger partial charge is 0.306 e. The molecule has 1 unspecified atom stereocenters. The predicted molar refractivity (Wildman–Crippen MR) is 284 cm³/mol. The minimum atomic E-state index is -0.775. The van der Waals surface area contributed by atoms with Crippen molar-refractivity contribution < 1.29 is 28.6 Å². The van der Waals surface area contributed by atoms with E-state index in [1.165, 1.54) is 212 Å². The van der Waals surface area contributed by atoms with Crippen molar-refractivity contribution in [2.45, 2.75) is 329 Å². The Hall–Kier alpha value is -2.11. The summed E-state index contributed by atoms with van der Waals surface area (Å²) in [7, 11) is 0. The van der Waals surface area contributed by atoms with E-state index < -0.39 is 6.10 Å². The van der Waals surface area contributed by atoms with Gasteiger partial charge in [-0.3, -0.25) is 14.4 Å². The highest BCUT2D eigenvalue weighted by Gasteiger charge is 2.19. The topological polar surface area (TPSA) is 78.9 Å². The summed E-state index contributed by atoms with van der Waals surface area (Å²) >= 11 is 0. The average molecular weight is 930 g/mol. The van der Waals surface area contributed by atoms with Crippen molar-refractivity contribution in [3.05, 3.63) is 24.3 Å². The molecule has 0 saturated heterocycles. The number of allylic oxidation sites excluding steroid dienone is 4. The van der Waals surface area contributed by atoms with E-state index in [0.717, 1.165) is 70.6 Å². The van der Waals surface area contributed by atoms with Crippen LogP contribution in [0, 0.1) is 0 Å². The molecule has 0 fully saturated rings. The molecule has 0 bridgehead atoms. The molecular formula is C60H112O6. The molecule has 0 heterocycles. The molecule has 0 aromatic rings. The Morgan fingerprint density at radius 3 is 0.773 bits per heavy atom. The molecule has 388 valence electrons. The van der Waals surface area contributed by atoms with Gasteiger partial charge in [0.25, 0.3) is 0 Å². The Bertz CT molecular complexity index is 1070. The number of hydrogen-bond donors (Lipinski definition) is 0. The van der Waals surface area contributed by atoms with Crippen LogP contribution in [0.5, 0.6) is 0 Å². The monoisotopic (exact) mass is 929 g/mol. The highest BCUT2D eigenvalue weighted by atomic mass is 16.6. The van der Waals surface area contributed by atoms with Crippen LogP contribution in [-0.4, -0.2) is 37.2 Å². The van der Waals surface area contributed by atoms with Crippen molar-refractivity contribution in [1.29, 1.82) is 0 Å². The maximum atomic E-state index is 12.8. The second kappa shape index (κ2) is 55.5.